The summed E-state index contributed by atoms with van der Waals surface area (Å²) >= 11 is 12.2. The second kappa shape index (κ2) is 5.70. The topological polar surface area (TPSA) is 27.1 Å². The van der Waals surface area contributed by atoms with Gasteiger partial charge in [-0.3, -0.25) is 0 Å². The van der Waals surface area contributed by atoms with Crippen LogP contribution in [0.25, 0.3) is 11.0 Å². The van der Waals surface area contributed by atoms with Crippen LogP contribution in [-0.2, 0) is 17.2 Å². The van der Waals surface area contributed by atoms with Gasteiger partial charge in [0.2, 0.25) is 0 Å². The molecule has 0 radical (unpaired) electrons. The molecule has 1 aliphatic rings. The van der Waals surface area contributed by atoms with E-state index in [1.54, 1.807) is 0 Å². The summed E-state index contributed by atoms with van der Waals surface area (Å²) in [6.45, 7) is 2.61. The second-order valence-corrected chi connectivity index (χ2v) is 5.64. The lowest BCUT2D eigenvalue weighted by molar-refractivity contribution is 0.0485. The molecule has 1 saturated heterocycles. The maximum Gasteiger partial charge on any atom is 0.124 e. The van der Waals surface area contributed by atoms with Gasteiger partial charge in [0.15, 0.2) is 0 Å². The highest BCUT2D eigenvalue weighted by Gasteiger charge is 2.18. The van der Waals surface area contributed by atoms with E-state index < -0.39 is 0 Å². The molecular weight excluding hydrogens is 283 g/mol. The zero-order valence-corrected chi connectivity index (χ0v) is 12.1. The number of fused-ring (bicyclic) bond motifs is 1. The summed E-state index contributed by atoms with van der Waals surface area (Å²) < 4.78 is 7.74. The van der Waals surface area contributed by atoms with Crippen molar-refractivity contribution in [2.45, 2.75) is 25.3 Å². The van der Waals surface area contributed by atoms with Crippen molar-refractivity contribution in [1.82, 2.24) is 9.55 Å². The van der Waals surface area contributed by atoms with Gasteiger partial charge >= 0.3 is 0 Å². The molecule has 0 bridgehead atoms. The number of rotatable bonds is 3. The zero-order chi connectivity index (χ0) is 13.2. The molecule has 2 heterocycles. The highest BCUT2D eigenvalue weighted by Crippen LogP contribution is 2.27. The lowest BCUT2D eigenvalue weighted by Crippen LogP contribution is -2.22. The fourth-order valence-corrected chi connectivity index (χ4v) is 3.09. The van der Waals surface area contributed by atoms with Gasteiger partial charge in [-0.25, -0.2) is 4.98 Å². The van der Waals surface area contributed by atoms with Gasteiger partial charge in [-0.1, -0.05) is 17.7 Å². The SMILES string of the molecule is ClCc1nc2c(Cl)cccc2n1CC1CCCOC1. The van der Waals surface area contributed by atoms with Crippen LogP contribution in [-0.4, -0.2) is 22.8 Å². The average molecular weight is 299 g/mol. The first kappa shape index (κ1) is 13.2. The van der Waals surface area contributed by atoms with E-state index in [-0.39, 0.29) is 0 Å². The van der Waals surface area contributed by atoms with Crippen molar-refractivity contribution in [2.75, 3.05) is 13.2 Å². The molecule has 1 aromatic heterocycles. The van der Waals surface area contributed by atoms with Crippen molar-refractivity contribution in [2.24, 2.45) is 5.92 Å². The third-order valence-electron chi connectivity index (χ3n) is 3.62. The van der Waals surface area contributed by atoms with Crippen LogP contribution < -0.4 is 0 Å². The molecular formula is C14H16Cl2N2O. The standard InChI is InChI=1S/C14H16Cl2N2O/c15-7-13-17-14-11(16)4-1-5-12(14)18(13)8-10-3-2-6-19-9-10/h1,4-5,10H,2-3,6-9H2. The van der Waals surface area contributed by atoms with Gasteiger partial charge in [0.05, 0.1) is 23.0 Å². The number of hydrogen-bond acceptors (Lipinski definition) is 2. The van der Waals surface area contributed by atoms with Crippen molar-refractivity contribution < 1.29 is 4.74 Å². The Morgan fingerprint density at radius 3 is 3.05 bits per heavy atom. The molecule has 1 unspecified atom stereocenters. The maximum absolute atomic E-state index is 6.20. The van der Waals surface area contributed by atoms with Crippen molar-refractivity contribution in [3.63, 3.8) is 0 Å². The summed E-state index contributed by atoms with van der Waals surface area (Å²) in [4.78, 5) is 4.55. The maximum atomic E-state index is 6.20. The van der Waals surface area contributed by atoms with Crippen LogP contribution in [0.15, 0.2) is 18.2 Å². The lowest BCUT2D eigenvalue weighted by atomic mass is 10.0. The number of aromatic nitrogens is 2. The Bertz CT molecular complexity index is 576. The van der Waals surface area contributed by atoms with E-state index in [2.05, 4.69) is 9.55 Å². The number of hydrogen-bond donors (Lipinski definition) is 0. The fraction of sp³-hybridized carbons (Fsp3) is 0.500. The van der Waals surface area contributed by atoms with Crippen LogP contribution in [0.3, 0.4) is 0 Å². The van der Waals surface area contributed by atoms with E-state index in [0.717, 1.165) is 43.0 Å². The monoisotopic (exact) mass is 298 g/mol. The Labute approximate surface area is 122 Å². The number of nitrogens with zero attached hydrogens (tertiary/aromatic N) is 2. The number of alkyl halides is 1. The van der Waals surface area contributed by atoms with Crippen molar-refractivity contribution in [3.05, 3.63) is 29.0 Å². The van der Waals surface area contributed by atoms with Crippen molar-refractivity contribution >= 4 is 34.2 Å². The highest BCUT2D eigenvalue weighted by molar-refractivity contribution is 6.35. The van der Waals surface area contributed by atoms with Crippen LogP contribution in [0, 0.1) is 5.92 Å². The first-order valence-electron chi connectivity index (χ1n) is 6.57. The number of halogens is 2. The smallest absolute Gasteiger partial charge is 0.124 e. The van der Waals surface area contributed by atoms with Gasteiger partial charge in [0.1, 0.15) is 11.3 Å². The van der Waals surface area contributed by atoms with Crippen LogP contribution in [0.5, 0.6) is 0 Å². The number of ether oxygens (including phenoxy) is 1. The Kier molecular flexibility index (Phi) is 3.96. The van der Waals surface area contributed by atoms with E-state index in [1.807, 2.05) is 18.2 Å². The molecule has 0 aliphatic carbocycles. The lowest BCUT2D eigenvalue weighted by Gasteiger charge is -2.23. The van der Waals surface area contributed by atoms with E-state index >= 15 is 0 Å². The third-order valence-corrected chi connectivity index (χ3v) is 4.17. The van der Waals surface area contributed by atoms with Gasteiger partial charge in [0, 0.05) is 19.1 Å². The van der Waals surface area contributed by atoms with Crippen LogP contribution in [0.2, 0.25) is 5.02 Å². The first-order valence-corrected chi connectivity index (χ1v) is 7.48. The van der Waals surface area contributed by atoms with Crippen LogP contribution in [0.1, 0.15) is 18.7 Å². The summed E-state index contributed by atoms with van der Waals surface area (Å²) in [5.74, 6) is 1.82. The van der Waals surface area contributed by atoms with E-state index in [0.29, 0.717) is 16.8 Å². The minimum absolute atomic E-state index is 0.401. The largest absolute Gasteiger partial charge is 0.381 e. The van der Waals surface area contributed by atoms with Gasteiger partial charge in [-0.05, 0) is 25.0 Å². The Hall–Kier alpha value is -0.770. The van der Waals surface area contributed by atoms with Gasteiger partial charge in [-0.15, -0.1) is 11.6 Å². The van der Waals surface area contributed by atoms with Crippen LogP contribution in [0.4, 0.5) is 0 Å². The van der Waals surface area contributed by atoms with Gasteiger partial charge in [-0.2, -0.15) is 0 Å². The summed E-state index contributed by atoms with van der Waals surface area (Å²) in [5, 5.41) is 0.683. The minimum atomic E-state index is 0.401. The number of benzene rings is 1. The summed E-state index contributed by atoms with van der Waals surface area (Å²) in [6.07, 6.45) is 2.33. The molecule has 5 heteroatoms. The Morgan fingerprint density at radius 2 is 2.32 bits per heavy atom. The molecule has 19 heavy (non-hydrogen) atoms. The molecule has 1 aromatic carbocycles. The van der Waals surface area contributed by atoms with E-state index in [1.165, 1.54) is 6.42 Å². The minimum Gasteiger partial charge on any atom is -0.381 e. The predicted octanol–water partition coefficient (Wildman–Crippen LogP) is 3.86. The van der Waals surface area contributed by atoms with E-state index in [9.17, 15) is 0 Å². The molecule has 0 spiro atoms. The normalized spacial score (nSPS) is 20.0. The van der Waals surface area contributed by atoms with Crippen molar-refractivity contribution in [1.29, 1.82) is 0 Å². The first-order chi connectivity index (χ1) is 9.29. The molecule has 1 fully saturated rings. The number of imidazole rings is 1. The molecule has 0 N–H and O–H groups in total. The van der Waals surface area contributed by atoms with E-state index in [4.69, 9.17) is 27.9 Å². The van der Waals surface area contributed by atoms with Crippen molar-refractivity contribution in [3.8, 4) is 0 Å². The quantitative estimate of drug-likeness (QED) is 0.805. The summed E-state index contributed by atoms with van der Waals surface area (Å²) in [5.41, 5.74) is 1.91. The second-order valence-electron chi connectivity index (χ2n) is 4.96. The molecule has 102 valence electrons. The molecule has 3 rings (SSSR count). The Morgan fingerprint density at radius 1 is 1.42 bits per heavy atom. The summed E-state index contributed by atoms with van der Waals surface area (Å²) in [7, 11) is 0. The molecule has 1 atom stereocenters. The molecule has 2 aromatic rings. The third kappa shape index (κ3) is 2.60. The summed E-state index contributed by atoms with van der Waals surface area (Å²) in [6, 6.07) is 5.87. The Balaban J connectivity index is 1.98. The molecule has 0 amide bonds. The molecule has 3 nitrogen and oxygen atoms in total. The average Bonchev–Trinajstić information content (AvgIpc) is 2.80. The fourth-order valence-electron chi connectivity index (χ4n) is 2.68. The number of para-hydroxylation sites is 1. The van der Waals surface area contributed by atoms with Gasteiger partial charge in [0.25, 0.3) is 0 Å². The molecule has 1 aliphatic heterocycles. The van der Waals surface area contributed by atoms with Crippen LogP contribution >= 0.6 is 23.2 Å². The molecule has 0 saturated carbocycles. The zero-order valence-electron chi connectivity index (χ0n) is 10.6. The predicted molar refractivity (Wildman–Crippen MR) is 77.8 cm³/mol. The van der Waals surface area contributed by atoms with Gasteiger partial charge < -0.3 is 9.30 Å². The highest BCUT2D eigenvalue weighted by atomic mass is 35.5.